The van der Waals surface area contributed by atoms with Crippen LogP contribution in [0, 0.1) is 5.82 Å². The maximum atomic E-state index is 14.7. The number of aromatic nitrogens is 6. The zero-order chi connectivity index (χ0) is 32.5. The summed E-state index contributed by atoms with van der Waals surface area (Å²) in [5.41, 5.74) is -1.29. The number of alkyl halides is 2. The van der Waals surface area contributed by atoms with Gasteiger partial charge in [-0.2, -0.15) is 5.10 Å². The second-order valence-corrected chi connectivity index (χ2v) is 11.9. The summed E-state index contributed by atoms with van der Waals surface area (Å²) in [6.45, 7) is 8.95. The number of benzene rings is 1. The molecule has 1 aliphatic heterocycles. The lowest BCUT2D eigenvalue weighted by Gasteiger charge is -2.42. The molecule has 15 heteroatoms. The van der Waals surface area contributed by atoms with Crippen molar-refractivity contribution < 1.29 is 23.1 Å². The van der Waals surface area contributed by atoms with Gasteiger partial charge in [-0.15, -0.1) is 0 Å². The Balaban J connectivity index is 1.23. The number of hydrogen-bond acceptors (Lipinski definition) is 9. The molecule has 3 aromatic heterocycles. The van der Waals surface area contributed by atoms with Crippen molar-refractivity contribution in [2.24, 2.45) is 0 Å². The van der Waals surface area contributed by atoms with Crippen molar-refractivity contribution >= 4 is 29.1 Å². The standard InChI is InChI=1S/C30H33ClF3N9O2/c1-16(18-9-37-29(38-10-18)42-8-7-20(42)12-36-17(2)30(3,4)45)43-15-19(11-39-43)40-28(44)24-14-35-13-23(41-24)25-21(27(33)34)5-6-22(31)26(25)32/h5-6,9-11,13-17,20,27,36,45H,7-8,12H2,1-4H3,(H,40,44). The smallest absolute Gasteiger partial charge is 0.275 e. The molecule has 1 aliphatic rings. The second kappa shape index (κ2) is 13.1. The van der Waals surface area contributed by atoms with Crippen molar-refractivity contribution in [2.45, 2.75) is 64.3 Å². The molecule has 3 atom stereocenters. The van der Waals surface area contributed by atoms with Gasteiger partial charge in [0.05, 0.1) is 46.6 Å². The first-order valence-electron chi connectivity index (χ1n) is 14.3. The van der Waals surface area contributed by atoms with Crippen molar-refractivity contribution in [1.82, 2.24) is 35.0 Å². The molecule has 1 fully saturated rings. The highest BCUT2D eigenvalue weighted by Gasteiger charge is 2.32. The minimum atomic E-state index is -3.00. The van der Waals surface area contributed by atoms with Crippen LogP contribution < -0.4 is 15.5 Å². The number of amides is 1. The molecule has 3 N–H and O–H groups in total. The molecule has 0 aliphatic carbocycles. The van der Waals surface area contributed by atoms with Gasteiger partial charge in [-0.1, -0.05) is 17.7 Å². The maximum absolute atomic E-state index is 14.7. The summed E-state index contributed by atoms with van der Waals surface area (Å²) in [7, 11) is 0. The normalized spacial score (nSPS) is 16.4. The summed E-state index contributed by atoms with van der Waals surface area (Å²) in [5, 5.41) is 20.2. The minimum absolute atomic E-state index is 0.0643. The van der Waals surface area contributed by atoms with Gasteiger partial charge in [0.15, 0.2) is 5.82 Å². The lowest BCUT2D eigenvalue weighted by atomic mass is 9.98. The highest BCUT2D eigenvalue weighted by Crippen LogP contribution is 2.35. The maximum Gasteiger partial charge on any atom is 0.275 e. The van der Waals surface area contributed by atoms with Gasteiger partial charge in [0.2, 0.25) is 5.95 Å². The molecule has 0 radical (unpaired) electrons. The van der Waals surface area contributed by atoms with Crippen LogP contribution in [0.25, 0.3) is 11.3 Å². The largest absolute Gasteiger partial charge is 0.389 e. The average molecular weight is 644 g/mol. The number of carbonyl (C=O) groups is 1. The number of aliphatic hydroxyl groups is 1. The van der Waals surface area contributed by atoms with Gasteiger partial charge in [-0.05, 0) is 40.2 Å². The van der Waals surface area contributed by atoms with E-state index in [9.17, 15) is 23.1 Å². The van der Waals surface area contributed by atoms with E-state index in [-0.39, 0.29) is 34.5 Å². The third kappa shape index (κ3) is 7.08. The van der Waals surface area contributed by atoms with Gasteiger partial charge < -0.3 is 20.6 Å². The highest BCUT2D eigenvalue weighted by atomic mass is 35.5. The van der Waals surface area contributed by atoms with E-state index in [1.807, 2.05) is 13.8 Å². The molecule has 0 saturated carbocycles. The molecule has 238 valence electrons. The van der Waals surface area contributed by atoms with Crippen LogP contribution in [0.5, 0.6) is 0 Å². The van der Waals surface area contributed by atoms with Crippen LogP contribution in [-0.4, -0.2) is 71.5 Å². The van der Waals surface area contributed by atoms with Crippen LogP contribution in [0.15, 0.2) is 49.3 Å². The Morgan fingerprint density at radius 3 is 2.53 bits per heavy atom. The monoisotopic (exact) mass is 643 g/mol. The molecule has 45 heavy (non-hydrogen) atoms. The number of halogens is 4. The quantitative estimate of drug-likeness (QED) is 0.205. The van der Waals surface area contributed by atoms with E-state index in [1.54, 1.807) is 37.1 Å². The Bertz CT molecular complexity index is 1660. The fourth-order valence-corrected chi connectivity index (χ4v) is 4.90. The molecule has 3 unspecified atom stereocenters. The summed E-state index contributed by atoms with van der Waals surface area (Å²) in [6, 6.07) is 1.94. The minimum Gasteiger partial charge on any atom is -0.389 e. The first-order chi connectivity index (χ1) is 21.3. The van der Waals surface area contributed by atoms with Crippen molar-refractivity contribution in [2.75, 3.05) is 23.3 Å². The third-order valence-electron chi connectivity index (χ3n) is 8.00. The highest BCUT2D eigenvalue weighted by molar-refractivity contribution is 6.31. The number of rotatable bonds is 11. The fraction of sp³-hybridized carbons (Fsp3) is 0.400. The number of anilines is 2. The summed E-state index contributed by atoms with van der Waals surface area (Å²) >= 11 is 5.82. The van der Waals surface area contributed by atoms with E-state index in [2.05, 4.69) is 40.6 Å². The first kappa shape index (κ1) is 32.3. The molecular formula is C30H33ClF3N9O2. The van der Waals surface area contributed by atoms with Crippen LogP contribution >= 0.6 is 11.6 Å². The molecule has 4 heterocycles. The van der Waals surface area contributed by atoms with Crippen LogP contribution in [-0.2, 0) is 0 Å². The topological polar surface area (TPSA) is 134 Å². The summed E-state index contributed by atoms with van der Waals surface area (Å²) in [6.07, 6.45) is 6.75. The summed E-state index contributed by atoms with van der Waals surface area (Å²) < 4.78 is 43.5. The number of carbonyl (C=O) groups excluding carboxylic acids is 1. The van der Waals surface area contributed by atoms with Gasteiger partial charge in [0.1, 0.15) is 5.69 Å². The van der Waals surface area contributed by atoms with Gasteiger partial charge in [-0.25, -0.2) is 28.1 Å². The van der Waals surface area contributed by atoms with Gasteiger partial charge in [0, 0.05) is 60.5 Å². The van der Waals surface area contributed by atoms with E-state index in [1.165, 1.54) is 6.20 Å². The predicted molar refractivity (Wildman–Crippen MR) is 163 cm³/mol. The average Bonchev–Trinajstić information content (AvgIpc) is 3.45. The van der Waals surface area contributed by atoms with Gasteiger partial charge >= 0.3 is 0 Å². The van der Waals surface area contributed by atoms with E-state index in [4.69, 9.17) is 11.6 Å². The zero-order valence-corrected chi connectivity index (χ0v) is 25.8. The van der Waals surface area contributed by atoms with Crippen molar-refractivity contribution in [3.8, 4) is 11.3 Å². The molecule has 0 spiro atoms. The molecule has 4 aromatic rings. The third-order valence-corrected chi connectivity index (χ3v) is 8.29. The molecule has 5 rings (SSSR count). The summed E-state index contributed by atoms with van der Waals surface area (Å²) in [4.78, 5) is 32.2. The lowest BCUT2D eigenvalue weighted by Crippen LogP contribution is -2.56. The number of nitrogens with one attached hydrogen (secondary N) is 2. The molecule has 1 saturated heterocycles. The van der Waals surface area contributed by atoms with Crippen LogP contribution in [0.4, 0.5) is 24.8 Å². The SMILES string of the molecule is CC(c1cnc(N2CCC2CNC(C)C(C)(C)O)nc1)n1cc(NC(=O)c2cncc(-c3c(C(F)F)ccc(Cl)c3F)n2)cn1. The Morgan fingerprint density at radius 1 is 1.16 bits per heavy atom. The predicted octanol–water partition coefficient (Wildman–Crippen LogP) is 5.05. The molecule has 1 aromatic carbocycles. The zero-order valence-electron chi connectivity index (χ0n) is 25.0. The molecule has 1 amide bonds. The van der Waals surface area contributed by atoms with E-state index < -0.39 is 34.9 Å². The fourth-order valence-electron chi connectivity index (χ4n) is 4.74. The van der Waals surface area contributed by atoms with Gasteiger partial charge in [0.25, 0.3) is 12.3 Å². The van der Waals surface area contributed by atoms with E-state index >= 15 is 0 Å². The lowest BCUT2D eigenvalue weighted by molar-refractivity contribution is 0.0432. The Morgan fingerprint density at radius 2 is 1.89 bits per heavy atom. The summed E-state index contributed by atoms with van der Waals surface area (Å²) in [5.74, 6) is -1.15. The van der Waals surface area contributed by atoms with Crippen molar-refractivity contribution in [3.63, 3.8) is 0 Å². The van der Waals surface area contributed by atoms with Crippen LogP contribution in [0.2, 0.25) is 5.02 Å². The Kier molecular flexibility index (Phi) is 9.37. The van der Waals surface area contributed by atoms with Gasteiger partial charge in [-0.3, -0.25) is 14.5 Å². The van der Waals surface area contributed by atoms with Crippen molar-refractivity contribution in [1.29, 1.82) is 0 Å². The second-order valence-electron chi connectivity index (χ2n) is 11.5. The number of hydrogen-bond donors (Lipinski definition) is 3. The number of nitrogens with zero attached hydrogens (tertiary/aromatic N) is 7. The van der Waals surface area contributed by atoms with E-state index in [0.29, 0.717) is 18.2 Å². The Hall–Kier alpha value is -4.14. The Labute approximate surface area is 262 Å². The molecule has 11 nitrogen and oxygen atoms in total. The van der Waals surface area contributed by atoms with Crippen LogP contribution in [0.1, 0.15) is 68.2 Å². The molecular weight excluding hydrogens is 611 g/mol. The van der Waals surface area contributed by atoms with Crippen LogP contribution in [0.3, 0.4) is 0 Å². The van der Waals surface area contributed by atoms with E-state index in [0.717, 1.165) is 43.1 Å². The molecule has 0 bridgehead atoms. The van der Waals surface area contributed by atoms with Crippen molar-refractivity contribution in [3.05, 3.63) is 77.0 Å². The first-order valence-corrected chi connectivity index (χ1v) is 14.7.